The molecule has 7 aromatic carbocycles. The van der Waals surface area contributed by atoms with Gasteiger partial charge in [0.25, 0.3) is 0 Å². The molecule has 11 aromatic rings. The highest BCUT2D eigenvalue weighted by Crippen LogP contribution is 2.40. The Morgan fingerprint density at radius 3 is 1.37 bits per heavy atom. The van der Waals surface area contributed by atoms with E-state index in [0.717, 1.165) is 39.2 Å². The van der Waals surface area contributed by atoms with Crippen LogP contribution in [0.2, 0.25) is 0 Å². The molecule has 11 rings (SSSR count). The SMILES string of the molecule is c1ccc(-n2c3ccccc3c3cc4c(cc32)c2cccnc2n4-c2cccc(-c3cccc(-n4c5ccccc5c5ccccc54)c3)c2)cc1. The molecule has 0 unspecified atom stereocenters. The predicted molar refractivity (Wildman–Crippen MR) is 213 cm³/mol. The van der Waals surface area contributed by atoms with Gasteiger partial charge in [-0.2, -0.15) is 0 Å². The minimum Gasteiger partial charge on any atom is -0.309 e. The van der Waals surface area contributed by atoms with Gasteiger partial charge in [-0.15, -0.1) is 0 Å². The molecule has 0 aliphatic heterocycles. The van der Waals surface area contributed by atoms with E-state index in [9.17, 15) is 0 Å². The summed E-state index contributed by atoms with van der Waals surface area (Å²) in [5.74, 6) is 0. The van der Waals surface area contributed by atoms with E-state index in [1.807, 2.05) is 12.3 Å². The van der Waals surface area contributed by atoms with Crippen LogP contribution in [-0.4, -0.2) is 18.7 Å². The first-order valence-electron chi connectivity index (χ1n) is 17.4. The summed E-state index contributed by atoms with van der Waals surface area (Å²) >= 11 is 0. The maximum atomic E-state index is 4.97. The monoisotopic (exact) mass is 650 g/mol. The van der Waals surface area contributed by atoms with Crippen molar-refractivity contribution in [3.63, 3.8) is 0 Å². The van der Waals surface area contributed by atoms with Crippen molar-refractivity contribution in [1.82, 2.24) is 18.7 Å². The van der Waals surface area contributed by atoms with Crippen molar-refractivity contribution >= 4 is 65.5 Å². The van der Waals surface area contributed by atoms with Crippen LogP contribution < -0.4 is 0 Å². The molecule has 4 aromatic heterocycles. The molecule has 0 saturated carbocycles. The van der Waals surface area contributed by atoms with Crippen molar-refractivity contribution in [2.24, 2.45) is 0 Å². The van der Waals surface area contributed by atoms with Gasteiger partial charge in [0.1, 0.15) is 5.65 Å². The molecule has 0 aliphatic rings. The molecular formula is C47H30N4. The summed E-state index contributed by atoms with van der Waals surface area (Å²) in [5.41, 5.74) is 12.6. The Kier molecular flexibility index (Phi) is 5.92. The number of para-hydroxylation sites is 4. The lowest BCUT2D eigenvalue weighted by atomic mass is 10.0. The minimum atomic E-state index is 0.951. The summed E-state index contributed by atoms with van der Waals surface area (Å²) < 4.78 is 7.10. The normalized spacial score (nSPS) is 11.9. The number of hydrogen-bond donors (Lipinski definition) is 0. The maximum absolute atomic E-state index is 4.97. The Balaban J connectivity index is 1.12. The van der Waals surface area contributed by atoms with E-state index in [1.165, 1.54) is 54.6 Å². The van der Waals surface area contributed by atoms with E-state index in [0.29, 0.717) is 0 Å². The molecule has 0 spiro atoms. The van der Waals surface area contributed by atoms with Crippen molar-refractivity contribution in [3.05, 3.63) is 182 Å². The molecule has 0 amide bonds. The Hall–Kier alpha value is -6.91. The average molecular weight is 651 g/mol. The summed E-state index contributed by atoms with van der Waals surface area (Å²) in [6.07, 6.45) is 1.90. The highest BCUT2D eigenvalue weighted by atomic mass is 15.0. The van der Waals surface area contributed by atoms with Crippen LogP contribution in [-0.2, 0) is 0 Å². The van der Waals surface area contributed by atoms with Gasteiger partial charge in [0.05, 0.1) is 27.6 Å². The van der Waals surface area contributed by atoms with Crippen LogP contribution in [0.1, 0.15) is 0 Å². The van der Waals surface area contributed by atoms with Gasteiger partial charge < -0.3 is 9.13 Å². The summed E-state index contributed by atoms with van der Waals surface area (Å²) in [4.78, 5) is 4.97. The number of nitrogens with zero attached hydrogens (tertiary/aromatic N) is 4. The van der Waals surface area contributed by atoms with Crippen molar-refractivity contribution in [3.8, 4) is 28.2 Å². The lowest BCUT2D eigenvalue weighted by molar-refractivity contribution is 1.14. The summed E-state index contributed by atoms with van der Waals surface area (Å²) in [6, 6.07) is 63.5. The lowest BCUT2D eigenvalue weighted by Gasteiger charge is -2.12. The van der Waals surface area contributed by atoms with Crippen LogP contribution >= 0.6 is 0 Å². The molecule has 0 N–H and O–H groups in total. The summed E-state index contributed by atoms with van der Waals surface area (Å²) in [6.45, 7) is 0. The maximum Gasteiger partial charge on any atom is 0.145 e. The molecule has 0 aliphatic carbocycles. The zero-order valence-electron chi connectivity index (χ0n) is 27.6. The van der Waals surface area contributed by atoms with Crippen molar-refractivity contribution in [1.29, 1.82) is 0 Å². The third-order valence-electron chi connectivity index (χ3n) is 10.5. The molecule has 4 nitrogen and oxygen atoms in total. The fourth-order valence-electron chi connectivity index (χ4n) is 8.27. The second-order valence-electron chi connectivity index (χ2n) is 13.3. The number of fused-ring (bicyclic) bond motifs is 9. The van der Waals surface area contributed by atoms with Gasteiger partial charge in [-0.25, -0.2) is 4.98 Å². The van der Waals surface area contributed by atoms with Crippen LogP contribution in [0.15, 0.2) is 182 Å². The fraction of sp³-hybridized carbons (Fsp3) is 0. The van der Waals surface area contributed by atoms with Gasteiger partial charge in [-0.05, 0) is 90.0 Å². The molecule has 4 heteroatoms. The molecule has 238 valence electrons. The highest BCUT2D eigenvalue weighted by molar-refractivity contribution is 6.18. The summed E-state index contributed by atoms with van der Waals surface area (Å²) in [7, 11) is 0. The molecular weight excluding hydrogens is 621 g/mol. The zero-order valence-corrected chi connectivity index (χ0v) is 27.6. The molecule has 0 fully saturated rings. The largest absolute Gasteiger partial charge is 0.309 e. The van der Waals surface area contributed by atoms with Crippen LogP contribution in [0.4, 0.5) is 0 Å². The second kappa shape index (κ2) is 10.8. The minimum absolute atomic E-state index is 0.951. The lowest BCUT2D eigenvalue weighted by Crippen LogP contribution is -1.97. The first-order chi connectivity index (χ1) is 25.3. The highest BCUT2D eigenvalue weighted by Gasteiger charge is 2.19. The van der Waals surface area contributed by atoms with E-state index in [1.54, 1.807) is 0 Å². The van der Waals surface area contributed by atoms with Gasteiger partial charge in [-0.1, -0.05) is 97.1 Å². The third kappa shape index (κ3) is 4.11. The first-order valence-corrected chi connectivity index (χ1v) is 17.4. The molecule has 0 saturated heterocycles. The average Bonchev–Trinajstić information content (AvgIpc) is 3.83. The zero-order chi connectivity index (χ0) is 33.5. The van der Waals surface area contributed by atoms with Crippen LogP contribution in [0.3, 0.4) is 0 Å². The van der Waals surface area contributed by atoms with E-state index >= 15 is 0 Å². The molecule has 0 bridgehead atoms. The van der Waals surface area contributed by atoms with E-state index in [2.05, 4.69) is 184 Å². The molecule has 0 atom stereocenters. The standard InChI is InChI=1S/C47H30N4/c1-2-15-33(16-3-1)49-44-25-9-6-21-38(44)40-29-46-41(30-45(40)49)39-22-12-26-48-47(39)51(46)35-18-11-14-32(28-35)31-13-10-17-34(27-31)50-42-23-7-4-19-36(42)37-20-5-8-24-43(37)50/h1-30H. The quantitative estimate of drug-likeness (QED) is 0.186. The molecule has 4 heterocycles. The fourth-order valence-corrected chi connectivity index (χ4v) is 8.27. The van der Waals surface area contributed by atoms with Crippen molar-refractivity contribution in [2.45, 2.75) is 0 Å². The molecule has 0 radical (unpaired) electrons. The smallest absolute Gasteiger partial charge is 0.145 e. The first kappa shape index (κ1) is 28.0. The number of benzene rings is 7. The van der Waals surface area contributed by atoms with Crippen molar-refractivity contribution in [2.75, 3.05) is 0 Å². The summed E-state index contributed by atoms with van der Waals surface area (Å²) in [5, 5.41) is 7.31. The topological polar surface area (TPSA) is 27.7 Å². The predicted octanol–water partition coefficient (Wildman–Crippen LogP) is 12.0. The van der Waals surface area contributed by atoms with Crippen LogP contribution in [0.25, 0.3) is 93.7 Å². The van der Waals surface area contributed by atoms with Gasteiger partial charge in [0.15, 0.2) is 0 Å². The Labute approximate surface area is 293 Å². The Morgan fingerprint density at radius 1 is 0.294 bits per heavy atom. The van der Waals surface area contributed by atoms with Gasteiger partial charge in [0.2, 0.25) is 0 Å². The van der Waals surface area contributed by atoms with E-state index in [-0.39, 0.29) is 0 Å². The Bertz CT molecular complexity index is 3090. The Morgan fingerprint density at radius 2 is 0.745 bits per heavy atom. The van der Waals surface area contributed by atoms with Crippen LogP contribution in [0, 0.1) is 0 Å². The van der Waals surface area contributed by atoms with Gasteiger partial charge in [0, 0.05) is 55.6 Å². The second-order valence-corrected chi connectivity index (χ2v) is 13.3. The molecule has 51 heavy (non-hydrogen) atoms. The van der Waals surface area contributed by atoms with Gasteiger partial charge >= 0.3 is 0 Å². The number of rotatable bonds is 4. The van der Waals surface area contributed by atoms with Gasteiger partial charge in [-0.3, -0.25) is 4.57 Å². The van der Waals surface area contributed by atoms with Crippen LogP contribution in [0.5, 0.6) is 0 Å². The number of aromatic nitrogens is 4. The van der Waals surface area contributed by atoms with Crippen molar-refractivity contribution < 1.29 is 0 Å². The van der Waals surface area contributed by atoms with E-state index in [4.69, 9.17) is 4.98 Å². The van der Waals surface area contributed by atoms with E-state index < -0.39 is 0 Å². The third-order valence-corrected chi connectivity index (χ3v) is 10.5. The number of pyridine rings is 1. The number of hydrogen-bond acceptors (Lipinski definition) is 1.